The molecule has 0 aromatic heterocycles. The molecule has 0 spiro atoms. The van der Waals surface area contributed by atoms with Gasteiger partial charge in [-0.15, -0.1) is 0 Å². The number of nitrogens with zero attached hydrogens (tertiary/aromatic N) is 2. The van der Waals surface area contributed by atoms with Crippen LogP contribution >= 0.6 is 0 Å². The summed E-state index contributed by atoms with van der Waals surface area (Å²) in [5.41, 5.74) is 0.487. The summed E-state index contributed by atoms with van der Waals surface area (Å²) in [4.78, 5) is 55.4. The number of aliphatic hydroxyl groups is 2. The molecule has 0 saturated carbocycles. The van der Waals surface area contributed by atoms with E-state index in [0.29, 0.717) is 47.4 Å². The molecular formula is C36H46N4O10. The number of carbonyl (C=O) groups excluding carboxylic acids is 4. The standard InChI is InChI=1S/C36H46N4O10/c1-7-36(4,18-50-30-13-24-22(11-28(30)48-6)34(46)40-15-20(42)9-26(40)32(44)38-24)16-35(2,3)17-49-29-12-23-21(10-27(29)47-5)33(45)39-14-19(41)8-25(39)31(43)37-23/h10-13,19-20,25-26,41-42H,7-9,14-18H2,1-6H3,(H,37,43)(H,38,44). The molecule has 2 saturated heterocycles. The smallest absolute Gasteiger partial charge is 0.256 e. The monoisotopic (exact) mass is 694 g/mol. The van der Waals surface area contributed by atoms with Crippen LogP contribution in [0.1, 0.15) is 74.1 Å². The first-order valence-corrected chi connectivity index (χ1v) is 17.0. The van der Waals surface area contributed by atoms with Crippen LogP contribution in [-0.2, 0) is 9.59 Å². The van der Waals surface area contributed by atoms with E-state index < -0.39 is 24.3 Å². The largest absolute Gasteiger partial charge is 0.493 e. The summed E-state index contributed by atoms with van der Waals surface area (Å²) in [7, 11) is 2.97. The summed E-state index contributed by atoms with van der Waals surface area (Å²) in [6.45, 7) is 9.11. The van der Waals surface area contributed by atoms with Gasteiger partial charge in [0.25, 0.3) is 11.8 Å². The lowest BCUT2D eigenvalue weighted by Crippen LogP contribution is -2.40. The zero-order valence-corrected chi connectivity index (χ0v) is 29.3. The van der Waals surface area contributed by atoms with Crippen molar-refractivity contribution >= 4 is 35.0 Å². The predicted molar refractivity (Wildman–Crippen MR) is 182 cm³/mol. The number of hydrogen-bond acceptors (Lipinski definition) is 10. The van der Waals surface area contributed by atoms with Crippen molar-refractivity contribution in [2.75, 3.05) is 51.2 Å². The molecule has 4 N–H and O–H groups in total. The molecule has 4 aliphatic rings. The summed E-state index contributed by atoms with van der Waals surface area (Å²) >= 11 is 0. The highest BCUT2D eigenvalue weighted by Gasteiger charge is 2.44. The Labute approximate surface area is 291 Å². The van der Waals surface area contributed by atoms with Crippen LogP contribution in [0.3, 0.4) is 0 Å². The van der Waals surface area contributed by atoms with Gasteiger partial charge in [0.05, 0.1) is 62.1 Å². The van der Waals surface area contributed by atoms with Gasteiger partial charge in [-0.05, 0) is 30.4 Å². The number of carbonyl (C=O) groups is 4. The Kier molecular flexibility index (Phi) is 9.37. The summed E-state index contributed by atoms with van der Waals surface area (Å²) < 4.78 is 23.9. The minimum absolute atomic E-state index is 0.0887. The van der Waals surface area contributed by atoms with Crippen molar-refractivity contribution in [1.29, 1.82) is 0 Å². The molecule has 270 valence electrons. The van der Waals surface area contributed by atoms with E-state index in [1.165, 1.54) is 24.0 Å². The summed E-state index contributed by atoms with van der Waals surface area (Å²) in [6.07, 6.45) is 0.297. The summed E-state index contributed by atoms with van der Waals surface area (Å²) in [5, 5.41) is 25.8. The summed E-state index contributed by atoms with van der Waals surface area (Å²) in [5.74, 6) is 0.0349. The molecular weight excluding hydrogens is 648 g/mol. The van der Waals surface area contributed by atoms with Crippen LogP contribution in [-0.4, -0.2) is 108 Å². The highest BCUT2D eigenvalue weighted by atomic mass is 16.5. The number of ether oxygens (including phenoxy) is 4. The molecule has 2 fully saturated rings. The maximum Gasteiger partial charge on any atom is 0.256 e. The van der Waals surface area contributed by atoms with Crippen LogP contribution in [0.25, 0.3) is 0 Å². The average Bonchev–Trinajstić information content (AvgIpc) is 3.63. The topological polar surface area (TPSA) is 176 Å². The van der Waals surface area contributed by atoms with Crippen LogP contribution in [0.15, 0.2) is 24.3 Å². The van der Waals surface area contributed by atoms with Crippen molar-refractivity contribution in [2.45, 2.75) is 77.7 Å². The Morgan fingerprint density at radius 2 is 1.16 bits per heavy atom. The number of amides is 4. The second-order valence-electron chi connectivity index (χ2n) is 14.9. The molecule has 4 heterocycles. The van der Waals surface area contributed by atoms with Gasteiger partial charge in [0.1, 0.15) is 12.1 Å². The van der Waals surface area contributed by atoms with Gasteiger partial charge in [-0.2, -0.15) is 0 Å². The quantitative estimate of drug-likeness (QED) is 0.274. The Morgan fingerprint density at radius 3 is 1.58 bits per heavy atom. The van der Waals surface area contributed by atoms with Gasteiger partial charge in [-0.3, -0.25) is 19.2 Å². The Hall–Kier alpha value is -4.56. The highest BCUT2D eigenvalue weighted by molar-refractivity contribution is 6.11. The zero-order valence-electron chi connectivity index (χ0n) is 29.3. The van der Waals surface area contributed by atoms with Crippen LogP contribution in [0, 0.1) is 10.8 Å². The van der Waals surface area contributed by atoms with Crippen LogP contribution in [0.4, 0.5) is 11.4 Å². The first kappa shape index (κ1) is 35.3. The van der Waals surface area contributed by atoms with E-state index in [1.54, 1.807) is 24.3 Å². The van der Waals surface area contributed by atoms with Gasteiger partial charge < -0.3 is 49.6 Å². The number of aliphatic hydroxyl groups excluding tert-OH is 2. The number of fused-ring (bicyclic) bond motifs is 4. The molecule has 14 heteroatoms. The fraction of sp³-hybridized carbons (Fsp3) is 0.556. The lowest BCUT2D eigenvalue weighted by molar-refractivity contribution is -0.120. The molecule has 0 bridgehead atoms. The maximum absolute atomic E-state index is 13.3. The third kappa shape index (κ3) is 6.65. The predicted octanol–water partition coefficient (Wildman–Crippen LogP) is 3.05. The Bertz CT molecular complexity index is 1710. The minimum Gasteiger partial charge on any atom is -0.493 e. The zero-order chi connectivity index (χ0) is 36.1. The van der Waals surface area contributed by atoms with E-state index in [-0.39, 0.29) is 78.1 Å². The van der Waals surface area contributed by atoms with Gasteiger partial charge in [-0.1, -0.05) is 27.7 Å². The van der Waals surface area contributed by atoms with Crippen molar-refractivity contribution in [2.24, 2.45) is 10.8 Å². The average molecular weight is 695 g/mol. The number of hydrogen-bond donors (Lipinski definition) is 4. The number of benzene rings is 2. The van der Waals surface area contributed by atoms with Crippen LogP contribution in [0.2, 0.25) is 0 Å². The third-order valence-electron chi connectivity index (χ3n) is 10.2. The molecule has 2 aromatic carbocycles. The lowest BCUT2D eigenvalue weighted by Gasteiger charge is -2.37. The van der Waals surface area contributed by atoms with Crippen LogP contribution in [0.5, 0.6) is 23.0 Å². The van der Waals surface area contributed by atoms with Gasteiger partial charge in [0.2, 0.25) is 11.8 Å². The van der Waals surface area contributed by atoms with Gasteiger partial charge in [0.15, 0.2) is 23.0 Å². The minimum atomic E-state index is -0.755. The Morgan fingerprint density at radius 1 is 0.720 bits per heavy atom. The first-order valence-electron chi connectivity index (χ1n) is 17.0. The molecule has 14 nitrogen and oxygen atoms in total. The summed E-state index contributed by atoms with van der Waals surface area (Å²) in [6, 6.07) is 4.88. The van der Waals surface area contributed by atoms with Crippen molar-refractivity contribution < 1.29 is 48.3 Å². The number of anilines is 2. The molecule has 4 aliphatic heterocycles. The van der Waals surface area contributed by atoms with E-state index >= 15 is 0 Å². The lowest BCUT2D eigenvalue weighted by atomic mass is 9.73. The maximum atomic E-state index is 13.3. The van der Waals surface area contributed by atoms with E-state index in [4.69, 9.17) is 18.9 Å². The van der Waals surface area contributed by atoms with Gasteiger partial charge >= 0.3 is 0 Å². The molecule has 5 unspecified atom stereocenters. The normalized spacial score (nSPS) is 24.2. The molecule has 0 aliphatic carbocycles. The van der Waals surface area contributed by atoms with E-state index in [0.717, 1.165) is 6.42 Å². The third-order valence-corrected chi connectivity index (χ3v) is 10.2. The fourth-order valence-electron chi connectivity index (χ4n) is 7.55. The van der Waals surface area contributed by atoms with Gasteiger partial charge in [-0.25, -0.2) is 0 Å². The highest BCUT2D eigenvalue weighted by Crippen LogP contribution is 2.43. The van der Waals surface area contributed by atoms with Crippen molar-refractivity contribution in [3.05, 3.63) is 35.4 Å². The molecule has 6 rings (SSSR count). The fourth-order valence-corrected chi connectivity index (χ4v) is 7.55. The molecule has 4 amide bonds. The molecule has 0 radical (unpaired) electrons. The van der Waals surface area contributed by atoms with E-state index in [9.17, 15) is 29.4 Å². The van der Waals surface area contributed by atoms with Crippen molar-refractivity contribution in [1.82, 2.24) is 9.80 Å². The van der Waals surface area contributed by atoms with Crippen molar-refractivity contribution in [3.8, 4) is 23.0 Å². The van der Waals surface area contributed by atoms with Crippen molar-refractivity contribution in [3.63, 3.8) is 0 Å². The van der Waals surface area contributed by atoms with E-state index in [2.05, 4.69) is 38.3 Å². The van der Waals surface area contributed by atoms with E-state index in [1.807, 2.05) is 0 Å². The Balaban J connectivity index is 1.15. The van der Waals surface area contributed by atoms with Crippen LogP contribution < -0.4 is 29.6 Å². The number of rotatable bonds is 11. The molecule has 50 heavy (non-hydrogen) atoms. The SMILES string of the molecule is CCC(C)(COc1cc2c(cc1OC)C(=O)N1CC(O)CC1C(=O)N2)CC(C)(C)COc1cc2c(cc1OC)C(=O)N1CC(O)CC1C(=O)N2. The number of methoxy groups -OCH3 is 2. The van der Waals surface area contributed by atoms with Gasteiger partial charge in [0, 0.05) is 43.5 Å². The molecule has 5 atom stereocenters. The second kappa shape index (κ2) is 13.3. The first-order chi connectivity index (χ1) is 23.7. The number of nitrogens with one attached hydrogen (secondary N) is 2. The molecule has 2 aromatic rings. The second-order valence-corrected chi connectivity index (χ2v) is 14.9.